The highest BCUT2D eigenvalue weighted by atomic mass is 35.5. The smallest absolute Gasteiger partial charge is 0.322 e. The number of thiazole rings is 1. The van der Waals surface area contributed by atoms with Crippen molar-refractivity contribution >= 4 is 40.6 Å². The number of aromatic nitrogens is 1. The number of nitrogens with one attached hydrogen (secondary N) is 2. The van der Waals surface area contributed by atoms with E-state index < -0.39 is 0 Å². The standard InChI is InChI=1S/C20H27ClN4O2S/c1-4-5-6-11-22-19(26)17-13-28-18(24-17)12-25(14(2)3)20(27)23-16-9-7-15(21)8-10-16/h7-10,13-14H,4-6,11-12H2,1-3H3,(H,22,26)(H,23,27). The highest BCUT2D eigenvalue weighted by molar-refractivity contribution is 7.09. The average Bonchev–Trinajstić information content (AvgIpc) is 3.13. The van der Waals surface area contributed by atoms with Gasteiger partial charge in [-0.25, -0.2) is 9.78 Å². The molecule has 0 spiro atoms. The summed E-state index contributed by atoms with van der Waals surface area (Å²) in [6, 6.07) is 6.71. The fourth-order valence-electron chi connectivity index (χ4n) is 2.52. The van der Waals surface area contributed by atoms with Gasteiger partial charge in [0, 0.05) is 28.7 Å². The number of unbranched alkanes of at least 4 members (excludes halogenated alkanes) is 2. The molecule has 28 heavy (non-hydrogen) atoms. The van der Waals surface area contributed by atoms with Gasteiger partial charge in [0.25, 0.3) is 5.91 Å². The summed E-state index contributed by atoms with van der Waals surface area (Å²) in [5.41, 5.74) is 1.07. The van der Waals surface area contributed by atoms with Crippen molar-refractivity contribution in [3.63, 3.8) is 0 Å². The number of urea groups is 1. The Morgan fingerprint density at radius 1 is 1.21 bits per heavy atom. The van der Waals surface area contributed by atoms with E-state index in [1.165, 1.54) is 11.3 Å². The van der Waals surface area contributed by atoms with E-state index in [1.807, 2.05) is 13.8 Å². The summed E-state index contributed by atoms with van der Waals surface area (Å²) >= 11 is 7.26. The molecule has 0 aliphatic rings. The molecule has 1 aromatic carbocycles. The van der Waals surface area contributed by atoms with Crippen molar-refractivity contribution in [2.45, 2.75) is 52.6 Å². The molecule has 2 N–H and O–H groups in total. The molecule has 0 bridgehead atoms. The quantitative estimate of drug-likeness (QED) is 0.548. The monoisotopic (exact) mass is 422 g/mol. The third kappa shape index (κ3) is 6.80. The van der Waals surface area contributed by atoms with Gasteiger partial charge in [-0.3, -0.25) is 4.79 Å². The normalized spacial score (nSPS) is 10.8. The SMILES string of the molecule is CCCCCNC(=O)c1csc(CN(C(=O)Nc2ccc(Cl)cc2)C(C)C)n1. The first-order chi connectivity index (χ1) is 13.4. The summed E-state index contributed by atoms with van der Waals surface area (Å²) in [5.74, 6) is -0.166. The van der Waals surface area contributed by atoms with Gasteiger partial charge in [0.15, 0.2) is 0 Å². The van der Waals surface area contributed by atoms with E-state index in [-0.39, 0.29) is 18.0 Å². The number of nitrogens with zero attached hydrogens (tertiary/aromatic N) is 2. The number of anilines is 1. The number of benzene rings is 1. The Kier molecular flexibility index (Phi) is 8.73. The zero-order valence-electron chi connectivity index (χ0n) is 16.5. The lowest BCUT2D eigenvalue weighted by Crippen LogP contribution is -2.39. The van der Waals surface area contributed by atoms with Gasteiger partial charge in [0.1, 0.15) is 10.7 Å². The van der Waals surface area contributed by atoms with Crippen molar-refractivity contribution in [3.8, 4) is 0 Å². The maximum atomic E-state index is 12.7. The molecule has 3 amide bonds. The van der Waals surface area contributed by atoms with Gasteiger partial charge in [-0.05, 0) is 44.5 Å². The van der Waals surface area contributed by atoms with Crippen LogP contribution in [0.2, 0.25) is 5.02 Å². The molecular formula is C20H27ClN4O2S. The first kappa shape index (κ1) is 22.2. The van der Waals surface area contributed by atoms with E-state index in [1.54, 1.807) is 34.5 Å². The van der Waals surface area contributed by atoms with Gasteiger partial charge in [-0.2, -0.15) is 0 Å². The highest BCUT2D eigenvalue weighted by Crippen LogP contribution is 2.17. The summed E-state index contributed by atoms with van der Waals surface area (Å²) in [4.78, 5) is 30.9. The van der Waals surface area contributed by atoms with Crippen molar-refractivity contribution in [3.05, 3.63) is 45.4 Å². The Bertz CT molecular complexity index is 777. The molecule has 0 radical (unpaired) electrons. The molecule has 0 aliphatic heterocycles. The summed E-state index contributed by atoms with van der Waals surface area (Å²) in [7, 11) is 0. The predicted octanol–water partition coefficient (Wildman–Crippen LogP) is 5.16. The summed E-state index contributed by atoms with van der Waals surface area (Å²) in [5, 5.41) is 8.82. The van der Waals surface area contributed by atoms with Crippen LogP contribution in [-0.2, 0) is 6.54 Å². The summed E-state index contributed by atoms with van der Waals surface area (Å²) < 4.78 is 0. The van der Waals surface area contributed by atoms with Crippen LogP contribution in [0, 0.1) is 0 Å². The third-order valence-corrected chi connectivity index (χ3v) is 5.22. The molecule has 0 fully saturated rings. The Morgan fingerprint density at radius 3 is 2.57 bits per heavy atom. The van der Waals surface area contributed by atoms with Crippen LogP contribution >= 0.6 is 22.9 Å². The molecule has 152 valence electrons. The van der Waals surface area contributed by atoms with Gasteiger partial charge in [0.05, 0.1) is 6.54 Å². The third-order valence-electron chi connectivity index (χ3n) is 4.14. The predicted molar refractivity (Wildman–Crippen MR) is 115 cm³/mol. The fraction of sp³-hybridized carbons (Fsp3) is 0.450. The molecule has 0 saturated carbocycles. The molecule has 0 unspecified atom stereocenters. The molecule has 1 heterocycles. The number of rotatable bonds is 9. The summed E-state index contributed by atoms with van der Waals surface area (Å²) in [6.45, 7) is 7.00. The molecule has 2 rings (SSSR count). The van der Waals surface area contributed by atoms with Crippen LogP contribution in [0.3, 0.4) is 0 Å². The lowest BCUT2D eigenvalue weighted by atomic mass is 10.2. The van der Waals surface area contributed by atoms with E-state index in [2.05, 4.69) is 22.5 Å². The number of amides is 3. The van der Waals surface area contributed by atoms with Gasteiger partial charge >= 0.3 is 6.03 Å². The Balaban J connectivity index is 1.96. The second-order valence-corrected chi connectivity index (χ2v) is 8.13. The first-order valence-electron chi connectivity index (χ1n) is 9.46. The molecular weight excluding hydrogens is 396 g/mol. The number of halogens is 1. The molecule has 1 aromatic heterocycles. The number of hydrogen-bond donors (Lipinski definition) is 2. The number of carbonyl (C=O) groups is 2. The van der Waals surface area contributed by atoms with E-state index in [9.17, 15) is 9.59 Å². The zero-order chi connectivity index (χ0) is 20.5. The van der Waals surface area contributed by atoms with Crippen molar-refractivity contribution in [2.75, 3.05) is 11.9 Å². The van der Waals surface area contributed by atoms with Gasteiger partial charge in [-0.15, -0.1) is 11.3 Å². The minimum Gasteiger partial charge on any atom is -0.351 e. The second-order valence-electron chi connectivity index (χ2n) is 6.75. The minimum atomic E-state index is -0.224. The average molecular weight is 423 g/mol. The fourth-order valence-corrected chi connectivity index (χ4v) is 3.42. The highest BCUT2D eigenvalue weighted by Gasteiger charge is 2.20. The molecule has 0 atom stereocenters. The van der Waals surface area contributed by atoms with Crippen LogP contribution < -0.4 is 10.6 Å². The summed E-state index contributed by atoms with van der Waals surface area (Å²) in [6.07, 6.45) is 3.17. The van der Waals surface area contributed by atoms with Crippen molar-refractivity contribution < 1.29 is 9.59 Å². The Labute approximate surface area is 175 Å². The van der Waals surface area contributed by atoms with Gasteiger partial charge in [-0.1, -0.05) is 31.4 Å². The van der Waals surface area contributed by atoms with E-state index in [0.717, 1.165) is 24.3 Å². The molecule has 8 heteroatoms. The lowest BCUT2D eigenvalue weighted by Gasteiger charge is -2.26. The topological polar surface area (TPSA) is 74.3 Å². The Morgan fingerprint density at radius 2 is 1.93 bits per heavy atom. The van der Waals surface area contributed by atoms with Crippen LogP contribution in [0.1, 0.15) is 55.5 Å². The number of carbonyl (C=O) groups excluding carboxylic acids is 2. The number of hydrogen-bond acceptors (Lipinski definition) is 4. The van der Waals surface area contributed by atoms with Crippen LogP contribution in [0.4, 0.5) is 10.5 Å². The lowest BCUT2D eigenvalue weighted by molar-refractivity contribution is 0.0948. The van der Waals surface area contributed by atoms with Gasteiger partial charge < -0.3 is 15.5 Å². The van der Waals surface area contributed by atoms with Crippen molar-refractivity contribution in [1.82, 2.24) is 15.2 Å². The molecule has 6 nitrogen and oxygen atoms in total. The van der Waals surface area contributed by atoms with Gasteiger partial charge in [0.2, 0.25) is 0 Å². The molecule has 0 saturated heterocycles. The molecule has 2 aromatic rings. The van der Waals surface area contributed by atoms with Crippen molar-refractivity contribution in [2.24, 2.45) is 0 Å². The minimum absolute atomic E-state index is 0.0254. The van der Waals surface area contributed by atoms with E-state index in [0.29, 0.717) is 29.5 Å². The van der Waals surface area contributed by atoms with Crippen LogP contribution in [0.25, 0.3) is 0 Å². The second kappa shape index (κ2) is 11.0. The maximum Gasteiger partial charge on any atom is 0.322 e. The van der Waals surface area contributed by atoms with Crippen LogP contribution in [0.15, 0.2) is 29.6 Å². The van der Waals surface area contributed by atoms with Crippen molar-refractivity contribution in [1.29, 1.82) is 0 Å². The van der Waals surface area contributed by atoms with E-state index in [4.69, 9.17) is 11.6 Å². The van der Waals surface area contributed by atoms with Crippen LogP contribution in [0.5, 0.6) is 0 Å². The Hall–Kier alpha value is -2.12. The largest absolute Gasteiger partial charge is 0.351 e. The van der Waals surface area contributed by atoms with Crippen LogP contribution in [-0.4, -0.2) is 34.4 Å². The molecule has 0 aliphatic carbocycles. The zero-order valence-corrected chi connectivity index (χ0v) is 18.1. The maximum absolute atomic E-state index is 12.7. The van der Waals surface area contributed by atoms with E-state index >= 15 is 0 Å². The first-order valence-corrected chi connectivity index (χ1v) is 10.7.